The van der Waals surface area contributed by atoms with E-state index in [1.807, 2.05) is 38.1 Å². The van der Waals surface area contributed by atoms with Crippen LogP contribution in [0.4, 0.5) is 21.5 Å². The fraction of sp³-hybridized carbons (Fsp3) is 0.516. The fourth-order valence-electron chi connectivity index (χ4n) is 9.95. The van der Waals surface area contributed by atoms with Crippen LogP contribution < -0.4 is 21.3 Å². The third-order valence-corrected chi connectivity index (χ3v) is 15.9. The molecule has 16 heteroatoms. The quantitative estimate of drug-likeness (QED) is 0.0396. The summed E-state index contributed by atoms with van der Waals surface area (Å²) in [6, 6.07) is 21.0. The molecule has 80 heavy (non-hydrogen) atoms. The van der Waals surface area contributed by atoms with Crippen molar-refractivity contribution in [3.05, 3.63) is 121 Å². The molecule has 0 bridgehead atoms. The van der Waals surface area contributed by atoms with Crippen molar-refractivity contribution in [1.82, 2.24) is 5.32 Å². The van der Waals surface area contributed by atoms with Gasteiger partial charge in [0.1, 0.15) is 23.2 Å². The minimum absolute atomic E-state index is 0.0190. The Morgan fingerprint density at radius 2 is 1.01 bits per heavy atom. The maximum Gasteiger partial charge on any atom is 0.251 e. The molecule has 4 N–H and O–H groups in total. The average molecular weight is 1160 g/mol. The van der Waals surface area contributed by atoms with Gasteiger partial charge in [0.15, 0.2) is 0 Å². The molecule has 3 fully saturated rings. The maximum absolute atomic E-state index is 14.1. The predicted molar refractivity (Wildman–Crippen MR) is 319 cm³/mol. The minimum atomic E-state index is -0.645. The zero-order chi connectivity index (χ0) is 57.8. The highest BCUT2D eigenvalue weighted by Crippen LogP contribution is 2.31. The molecule has 0 spiro atoms. The van der Waals surface area contributed by atoms with E-state index in [0.29, 0.717) is 90.1 Å². The molecule has 4 aromatic carbocycles. The Morgan fingerprint density at radius 1 is 0.525 bits per heavy atom. The first kappa shape index (κ1) is 65.3. The summed E-state index contributed by atoms with van der Waals surface area (Å²) in [6.45, 7) is 8.02. The number of carbonyl (C=O) groups is 7. The number of unbranched alkanes of at least 4 members (excludes halogenated alkanes) is 9. The Kier molecular flexibility index (Phi) is 28.9. The van der Waals surface area contributed by atoms with Gasteiger partial charge in [0, 0.05) is 49.6 Å². The molecule has 0 radical (unpaired) electrons. The number of amides is 4. The summed E-state index contributed by atoms with van der Waals surface area (Å²) in [7, 11) is 0. The Labute approximate surface area is 488 Å². The molecule has 0 aromatic heterocycles. The molecule has 3 unspecified atom stereocenters. The van der Waals surface area contributed by atoms with E-state index in [0.717, 1.165) is 74.7 Å². The first-order chi connectivity index (χ1) is 38.5. The van der Waals surface area contributed by atoms with Gasteiger partial charge in [0.25, 0.3) is 5.91 Å². The van der Waals surface area contributed by atoms with Crippen molar-refractivity contribution in [2.24, 2.45) is 17.8 Å². The van der Waals surface area contributed by atoms with Crippen LogP contribution >= 0.6 is 34.8 Å². The largest absolute Gasteiger partial charge is 0.381 e. The average Bonchev–Trinajstić information content (AvgIpc) is 3.44. The van der Waals surface area contributed by atoms with E-state index in [9.17, 15) is 38.0 Å². The number of carbonyl (C=O) groups excluding carboxylic acids is 7. The highest BCUT2D eigenvalue weighted by Gasteiger charge is 2.32. The highest BCUT2D eigenvalue weighted by atomic mass is 35.5. The second-order valence-electron chi connectivity index (χ2n) is 21.4. The Balaban J connectivity index is 0.000000232. The normalized spacial score (nSPS) is 17.0. The lowest BCUT2D eigenvalue weighted by molar-refractivity contribution is -0.134. The molecule has 0 heterocycles. The van der Waals surface area contributed by atoms with E-state index in [1.54, 1.807) is 42.5 Å². The van der Waals surface area contributed by atoms with Crippen molar-refractivity contribution in [3.63, 3.8) is 0 Å². The first-order valence-electron chi connectivity index (χ1n) is 29.0. The summed E-state index contributed by atoms with van der Waals surface area (Å²) in [5.74, 6) is -3.59. The molecule has 12 nitrogen and oxygen atoms in total. The van der Waals surface area contributed by atoms with Crippen LogP contribution in [0.5, 0.6) is 0 Å². The Morgan fingerprint density at radius 3 is 1.55 bits per heavy atom. The van der Waals surface area contributed by atoms with Crippen LogP contribution in [-0.2, 0) is 39.9 Å². The third kappa shape index (κ3) is 22.5. The van der Waals surface area contributed by atoms with Crippen molar-refractivity contribution >= 4 is 92.8 Å². The highest BCUT2D eigenvalue weighted by molar-refractivity contribution is 6.37. The fourth-order valence-corrected chi connectivity index (χ4v) is 10.5. The number of ether oxygens (including phenoxy) is 1. The van der Waals surface area contributed by atoms with Gasteiger partial charge in [0.2, 0.25) is 17.7 Å². The van der Waals surface area contributed by atoms with Crippen LogP contribution in [0.15, 0.2) is 72.8 Å². The predicted octanol–water partition coefficient (Wildman–Crippen LogP) is 15.5. The molecule has 434 valence electrons. The number of aryl methyl sites for hydroxylation is 2. The van der Waals surface area contributed by atoms with Crippen LogP contribution in [0.25, 0.3) is 0 Å². The number of halogens is 4. The molecular weight excluding hydrogens is 1080 g/mol. The minimum Gasteiger partial charge on any atom is -0.381 e. The summed E-state index contributed by atoms with van der Waals surface area (Å²) in [5, 5.41) is 12.2. The summed E-state index contributed by atoms with van der Waals surface area (Å²) in [4.78, 5) is 85.1. The van der Waals surface area contributed by atoms with Crippen LogP contribution in [0, 0.1) is 37.4 Å². The van der Waals surface area contributed by atoms with Gasteiger partial charge in [-0.3, -0.25) is 33.6 Å². The van der Waals surface area contributed by atoms with Crippen molar-refractivity contribution in [3.8, 4) is 0 Å². The van der Waals surface area contributed by atoms with Crippen LogP contribution in [-0.4, -0.2) is 60.7 Å². The Hall–Kier alpha value is -5.47. The van der Waals surface area contributed by atoms with Crippen LogP contribution in [0.3, 0.4) is 0 Å². The lowest BCUT2D eigenvalue weighted by Gasteiger charge is -2.20. The number of hydrogen-bond donors (Lipinski definition) is 4. The molecule has 7 rings (SSSR count). The van der Waals surface area contributed by atoms with Gasteiger partial charge in [-0.2, -0.15) is 0 Å². The molecular formula is C64H82Cl3FN4O8. The maximum atomic E-state index is 14.1. The lowest BCUT2D eigenvalue weighted by Crippen LogP contribution is -2.32. The second-order valence-corrected chi connectivity index (χ2v) is 22.6. The molecule has 3 aliphatic rings. The van der Waals surface area contributed by atoms with E-state index in [1.165, 1.54) is 69.4 Å². The zero-order valence-electron chi connectivity index (χ0n) is 47.0. The van der Waals surface area contributed by atoms with Gasteiger partial charge < -0.3 is 26.0 Å². The number of anilines is 3. The number of Topliss-reactive ketones (excluding diaryl/α,β-unsaturated/α-hetero) is 3. The van der Waals surface area contributed by atoms with Gasteiger partial charge in [-0.25, -0.2) is 4.39 Å². The summed E-state index contributed by atoms with van der Waals surface area (Å²) >= 11 is 18.2. The van der Waals surface area contributed by atoms with Gasteiger partial charge in [-0.1, -0.05) is 155 Å². The number of hydrogen-bond acceptors (Lipinski definition) is 8. The van der Waals surface area contributed by atoms with Gasteiger partial charge in [-0.15, -0.1) is 0 Å². The van der Waals surface area contributed by atoms with Crippen molar-refractivity contribution < 1.29 is 42.7 Å². The van der Waals surface area contributed by atoms with E-state index in [2.05, 4.69) is 28.2 Å². The molecule has 0 saturated heterocycles. The van der Waals surface area contributed by atoms with Gasteiger partial charge in [-0.05, 0) is 131 Å². The topological polar surface area (TPSA) is 177 Å². The van der Waals surface area contributed by atoms with E-state index >= 15 is 0 Å². The lowest BCUT2D eigenvalue weighted by atomic mass is 9.87. The molecule has 3 saturated carbocycles. The summed E-state index contributed by atoms with van der Waals surface area (Å²) < 4.78 is 19.8. The molecule has 4 aromatic rings. The monoisotopic (exact) mass is 1160 g/mol. The van der Waals surface area contributed by atoms with Gasteiger partial charge in [0.05, 0.1) is 44.9 Å². The van der Waals surface area contributed by atoms with E-state index in [-0.39, 0.29) is 40.8 Å². The number of rotatable bonds is 24. The van der Waals surface area contributed by atoms with E-state index < -0.39 is 29.5 Å². The van der Waals surface area contributed by atoms with Gasteiger partial charge >= 0.3 is 0 Å². The zero-order valence-corrected chi connectivity index (χ0v) is 49.3. The smallest absolute Gasteiger partial charge is 0.251 e. The van der Waals surface area contributed by atoms with Crippen LogP contribution in [0.2, 0.25) is 15.1 Å². The number of ketones is 3. The van der Waals surface area contributed by atoms with E-state index in [4.69, 9.17) is 39.5 Å². The standard InChI is InChI=1S/C29H45ClN2O4.C21H22FNO2.C14H15Cl2NO2/c1-2-3-4-5-6-7-8-9-10-13-20-36-21-14-19-31-28(34)23-17-18-25(30)26(22-23)32-29(35)24-15-11-12-16-27(24)33;1-14-6-8-15(9-7-14)12-16-10-11-18(22)19(13-16)23-21(25)17-4-2-3-5-20(17)24;1-8-6-12(11(16)7-10(8)15)17-14(19)9-4-2-3-5-13(9)18/h17-18,22,24H,2-16,19-21H2,1H3,(H,31,34)(H,32,35);6-11,13,17H,2-5,12H2,1H3,(H,23,25);6-7,9H,2-5H2,1H3,(H,17,19). The molecule has 3 aliphatic carbocycles. The number of nitrogens with one attached hydrogen (secondary N) is 4. The first-order valence-corrected chi connectivity index (χ1v) is 30.1. The van der Waals surface area contributed by atoms with Crippen molar-refractivity contribution in [1.29, 1.82) is 0 Å². The summed E-state index contributed by atoms with van der Waals surface area (Å²) in [5.41, 5.74) is 5.47. The molecule has 4 amide bonds. The summed E-state index contributed by atoms with van der Waals surface area (Å²) in [6.07, 6.45) is 22.8. The molecule has 0 aliphatic heterocycles. The second kappa shape index (κ2) is 35.4. The third-order valence-electron chi connectivity index (χ3n) is 14.8. The van der Waals surface area contributed by atoms with Crippen molar-refractivity contribution in [2.45, 2.75) is 175 Å². The Bertz CT molecular complexity index is 2700. The molecule has 3 atom stereocenters. The van der Waals surface area contributed by atoms with Crippen molar-refractivity contribution in [2.75, 3.05) is 35.7 Å². The van der Waals surface area contributed by atoms with Crippen LogP contribution in [0.1, 0.15) is 187 Å². The SMILES string of the molecule is CCCCCCCCCCCCOCCCNC(=O)c1ccc(Cl)c(NC(=O)C2CCCCC2=O)c1.Cc1cc(NC(=O)C2CCCCC2=O)c(Cl)cc1Cl.Cc1ccc(Cc2ccc(F)c(NC(=O)C3CCCCC3=O)c2)cc1. The number of benzene rings is 4.